The molecule has 146 valence electrons. The summed E-state index contributed by atoms with van der Waals surface area (Å²) in [6.07, 6.45) is 0. The van der Waals surface area contributed by atoms with E-state index in [2.05, 4.69) is 111 Å². The van der Waals surface area contributed by atoms with Gasteiger partial charge < -0.3 is 0 Å². The molecule has 0 aliphatic carbocycles. The van der Waals surface area contributed by atoms with Gasteiger partial charge in [0.2, 0.25) is 0 Å². The third-order valence-electron chi connectivity index (χ3n) is 4.32. The van der Waals surface area contributed by atoms with Crippen LogP contribution in [0, 0.1) is 28.1 Å². The molecule has 0 aromatic heterocycles. The Kier molecular flexibility index (Phi) is 6.87. The minimum atomic E-state index is -0.141. The van der Waals surface area contributed by atoms with Gasteiger partial charge in [0, 0.05) is 0 Å². The molecule has 4 rings (SSSR count). The molecule has 1 nitrogen and oxygen atoms in total. The molecule has 0 radical (unpaired) electrons. The summed E-state index contributed by atoms with van der Waals surface area (Å²) in [6.45, 7) is 4.26. The van der Waals surface area contributed by atoms with Crippen LogP contribution in [0.1, 0.15) is 11.1 Å². The topological polar surface area (TPSA) is 9.23 Å². The van der Waals surface area contributed by atoms with E-state index in [1.54, 1.807) is 0 Å². The van der Waals surface area contributed by atoms with Gasteiger partial charge in [0.25, 0.3) is 0 Å². The first-order valence-corrected chi connectivity index (χ1v) is 13.8. The van der Waals surface area contributed by atoms with Crippen molar-refractivity contribution in [3.05, 3.63) is 122 Å². The predicted molar refractivity (Wildman–Crippen MR) is 110 cm³/mol. The van der Waals surface area contributed by atoms with Gasteiger partial charge in [0.05, 0.1) is 0 Å². The van der Waals surface area contributed by atoms with Gasteiger partial charge in [-0.15, -0.1) is 0 Å². The molecule has 0 unspecified atom stereocenters. The van der Waals surface area contributed by atoms with Crippen molar-refractivity contribution < 1.29 is 47.1 Å². The molecule has 0 atom stereocenters. The van der Waals surface area contributed by atoms with E-state index in [0.29, 0.717) is 0 Å². The van der Waals surface area contributed by atoms with E-state index in [0.717, 1.165) is 11.5 Å². The standard InChI is InChI=1S/C26H22I2O/c1-19-3-7-21(8-4-19)27-23-11-15-25(16-12-23)29-26-17-13-24(14-18-26)28-22-9-5-20(2)6-10-22/h3-18H,1-2H3. The Balaban J connectivity index is 1.36. The van der Waals surface area contributed by atoms with Crippen LogP contribution in [0.2, 0.25) is 0 Å². The van der Waals surface area contributed by atoms with Crippen molar-refractivity contribution in [1.29, 1.82) is 0 Å². The smallest absolute Gasteiger partial charge is 0.0548 e. The first-order chi connectivity index (χ1) is 14.1. The van der Waals surface area contributed by atoms with Gasteiger partial charge in [-0.1, -0.05) is 17.7 Å². The third-order valence-corrected chi connectivity index (χ3v) is 9.69. The molecule has 0 heterocycles. The monoisotopic (exact) mass is 604 g/mol. The van der Waals surface area contributed by atoms with Crippen molar-refractivity contribution in [2.24, 2.45) is 0 Å². The van der Waals surface area contributed by atoms with Crippen molar-refractivity contribution >= 4 is 0 Å². The Hall–Kier alpha value is -1.86. The summed E-state index contributed by atoms with van der Waals surface area (Å²) in [5.74, 6) is 1.78. The number of aryl methyl sites for hydroxylation is 2. The molecule has 4 aromatic carbocycles. The number of benzene rings is 4. The average Bonchev–Trinajstić information content (AvgIpc) is 2.74. The van der Waals surface area contributed by atoms with E-state index in [-0.39, 0.29) is 42.4 Å². The molecular formula is C26H22I2O. The average molecular weight is 604 g/mol. The minimum Gasteiger partial charge on any atom is -0.0548 e. The van der Waals surface area contributed by atoms with Crippen LogP contribution < -0.4 is 47.1 Å². The number of rotatable bonds is 6. The number of halogens is 2. The molecular weight excluding hydrogens is 582 g/mol. The SMILES string of the molecule is Cc1ccc([I+]c2ccc(Oc3ccc([I-]c4ccc(C)cc4)cc3)cc2)cc1. The predicted octanol–water partition coefficient (Wildman–Crippen LogP) is 0.353. The van der Waals surface area contributed by atoms with Crippen molar-refractivity contribution in [3.8, 4) is 11.5 Å². The van der Waals surface area contributed by atoms with Crippen LogP contribution in [0.3, 0.4) is 0 Å². The fourth-order valence-corrected chi connectivity index (χ4v) is 7.03. The molecule has 0 aliphatic heterocycles. The zero-order valence-electron chi connectivity index (χ0n) is 16.4. The third kappa shape index (κ3) is 6.06. The van der Waals surface area contributed by atoms with E-state index in [1.807, 2.05) is 0 Å². The Bertz CT molecular complexity index is 963. The molecule has 0 amide bonds. The van der Waals surface area contributed by atoms with Crippen LogP contribution in [-0.4, -0.2) is 0 Å². The molecule has 0 aliphatic rings. The van der Waals surface area contributed by atoms with E-state index in [9.17, 15) is 0 Å². The fourth-order valence-electron chi connectivity index (χ4n) is 2.71. The Labute approximate surface area is 193 Å². The molecule has 0 saturated heterocycles. The van der Waals surface area contributed by atoms with E-state index >= 15 is 0 Å². The summed E-state index contributed by atoms with van der Waals surface area (Å²) in [5, 5.41) is 0. The second-order valence-electron chi connectivity index (χ2n) is 6.79. The van der Waals surface area contributed by atoms with Crippen molar-refractivity contribution in [2.45, 2.75) is 13.8 Å². The summed E-state index contributed by atoms with van der Waals surface area (Å²) < 4.78 is 11.7. The van der Waals surface area contributed by atoms with Crippen LogP contribution in [0.4, 0.5) is 0 Å². The van der Waals surface area contributed by atoms with E-state index in [4.69, 9.17) is 4.74 Å². The van der Waals surface area contributed by atoms with E-state index in [1.165, 1.54) is 25.4 Å². The van der Waals surface area contributed by atoms with Gasteiger partial charge in [-0.3, -0.25) is 0 Å². The second kappa shape index (κ2) is 9.76. The van der Waals surface area contributed by atoms with Gasteiger partial charge in [0.1, 0.15) is 0 Å². The molecule has 3 heteroatoms. The van der Waals surface area contributed by atoms with Crippen molar-refractivity contribution in [2.75, 3.05) is 0 Å². The Morgan fingerprint density at radius 2 is 0.897 bits per heavy atom. The van der Waals surface area contributed by atoms with Gasteiger partial charge in [-0.2, -0.15) is 0 Å². The molecule has 0 N–H and O–H groups in total. The van der Waals surface area contributed by atoms with Gasteiger partial charge in [-0.25, -0.2) is 0 Å². The molecule has 0 spiro atoms. The quantitative estimate of drug-likeness (QED) is 0.289. The van der Waals surface area contributed by atoms with Gasteiger partial charge in [0.15, 0.2) is 0 Å². The van der Waals surface area contributed by atoms with Crippen LogP contribution in [-0.2, 0) is 0 Å². The second-order valence-corrected chi connectivity index (χ2v) is 12.9. The summed E-state index contributed by atoms with van der Waals surface area (Å²) in [7, 11) is 0. The maximum absolute atomic E-state index is 6.04. The number of hydrogen-bond acceptors (Lipinski definition) is 1. The first-order valence-electron chi connectivity index (χ1n) is 9.45. The van der Waals surface area contributed by atoms with Crippen LogP contribution in [0.15, 0.2) is 97.1 Å². The summed E-state index contributed by atoms with van der Waals surface area (Å²) in [4.78, 5) is 0. The minimum absolute atomic E-state index is 0.141. The zero-order valence-corrected chi connectivity index (χ0v) is 20.7. The number of ether oxygens (including phenoxy) is 1. The fraction of sp³-hybridized carbons (Fsp3) is 0.0769. The molecule has 0 saturated carbocycles. The molecule has 29 heavy (non-hydrogen) atoms. The Morgan fingerprint density at radius 1 is 0.517 bits per heavy atom. The van der Waals surface area contributed by atoms with Gasteiger partial charge >= 0.3 is 170 Å². The Morgan fingerprint density at radius 3 is 1.41 bits per heavy atom. The van der Waals surface area contributed by atoms with Crippen molar-refractivity contribution in [1.82, 2.24) is 0 Å². The van der Waals surface area contributed by atoms with Crippen LogP contribution >= 0.6 is 0 Å². The summed E-state index contributed by atoms with van der Waals surface area (Å²) in [6, 6.07) is 34.8. The first kappa shape index (κ1) is 20.4. The van der Waals surface area contributed by atoms with Gasteiger partial charge in [-0.05, 0) is 6.92 Å². The van der Waals surface area contributed by atoms with E-state index < -0.39 is 0 Å². The zero-order chi connectivity index (χ0) is 20.1. The molecule has 0 bridgehead atoms. The summed E-state index contributed by atoms with van der Waals surface area (Å²) >= 11 is -0.282. The normalized spacial score (nSPS) is 10.8. The number of hydrogen-bond donors (Lipinski definition) is 0. The molecule has 4 aromatic rings. The van der Waals surface area contributed by atoms with Crippen molar-refractivity contribution in [3.63, 3.8) is 0 Å². The van der Waals surface area contributed by atoms with Crippen LogP contribution in [0.5, 0.6) is 11.5 Å². The van der Waals surface area contributed by atoms with Crippen LogP contribution in [0.25, 0.3) is 0 Å². The maximum atomic E-state index is 6.04. The summed E-state index contributed by atoms with van der Waals surface area (Å²) in [5.41, 5.74) is 2.63. The molecule has 0 fully saturated rings.